The van der Waals surface area contributed by atoms with Gasteiger partial charge in [0.25, 0.3) is 0 Å². The van der Waals surface area contributed by atoms with Gasteiger partial charge in [0.2, 0.25) is 5.91 Å². The normalized spacial score (nSPS) is 16.5. The molecule has 0 radical (unpaired) electrons. The summed E-state index contributed by atoms with van der Waals surface area (Å²) in [7, 11) is 0. The lowest BCUT2D eigenvalue weighted by Crippen LogP contribution is -2.31. The molecule has 1 amide bonds. The first-order valence-electron chi connectivity index (χ1n) is 13.1. The lowest BCUT2D eigenvalue weighted by atomic mass is 9.82. The van der Waals surface area contributed by atoms with Gasteiger partial charge in [-0.1, -0.05) is 12.1 Å². The molecule has 6 rings (SSSR count). The zero-order chi connectivity index (χ0) is 27.3. The van der Waals surface area contributed by atoms with Crippen LogP contribution in [0.2, 0.25) is 0 Å². The van der Waals surface area contributed by atoms with E-state index in [1.807, 2.05) is 38.1 Å². The second-order valence-electron chi connectivity index (χ2n) is 10.6. The first-order valence-corrected chi connectivity index (χ1v) is 13.1. The van der Waals surface area contributed by atoms with E-state index in [1.165, 1.54) is 6.07 Å². The zero-order valence-corrected chi connectivity index (χ0v) is 21.5. The van der Waals surface area contributed by atoms with E-state index in [-0.39, 0.29) is 23.2 Å². The van der Waals surface area contributed by atoms with Gasteiger partial charge in [0.1, 0.15) is 17.4 Å². The second-order valence-corrected chi connectivity index (χ2v) is 10.6. The molecule has 1 unspecified atom stereocenters. The Morgan fingerprint density at radius 1 is 1.00 bits per heavy atom. The molecule has 8 nitrogen and oxygen atoms in total. The summed E-state index contributed by atoms with van der Waals surface area (Å²) in [5.41, 5.74) is 3.76. The van der Waals surface area contributed by atoms with Crippen LogP contribution in [0.15, 0.2) is 42.6 Å². The number of rotatable bonds is 8. The average Bonchev–Trinajstić information content (AvgIpc) is 3.84. The molecular formula is C28H28F3N7O. The van der Waals surface area contributed by atoms with Crippen molar-refractivity contribution in [3.63, 3.8) is 0 Å². The van der Waals surface area contributed by atoms with Crippen molar-refractivity contribution in [2.45, 2.75) is 51.6 Å². The van der Waals surface area contributed by atoms with Gasteiger partial charge < -0.3 is 10.3 Å². The van der Waals surface area contributed by atoms with Gasteiger partial charge in [0, 0.05) is 28.7 Å². The third-order valence-corrected chi connectivity index (χ3v) is 7.69. The van der Waals surface area contributed by atoms with Crippen LogP contribution in [0.25, 0.3) is 22.5 Å². The molecule has 202 valence electrons. The largest absolute Gasteiger partial charge is 0.433 e. The van der Waals surface area contributed by atoms with Crippen LogP contribution in [0, 0.1) is 31.6 Å². The Balaban J connectivity index is 1.28. The third-order valence-electron chi connectivity index (χ3n) is 7.69. The van der Waals surface area contributed by atoms with Gasteiger partial charge in [-0.2, -0.15) is 18.3 Å². The Labute approximate surface area is 222 Å². The van der Waals surface area contributed by atoms with E-state index in [4.69, 9.17) is 0 Å². The monoisotopic (exact) mass is 535 g/mol. The lowest BCUT2D eigenvalue weighted by molar-refractivity contribution is -0.141. The average molecular weight is 536 g/mol. The standard InChI is InChI=1S/C28H28F3N7O/c1-14-22(15(2)36-35-14)16-7-9-20(10-8-16)33-27(39)24(23(17-3-4-17)18-5-6-18)26-34-25(37-38-26)19-11-12-32-21(13-19)28(29,30)31/h7-13,17-18,23-24H,3-6H2,1-2H3,(H,33,39)(H,35,36)(H,34,37,38). The quantitative estimate of drug-likeness (QED) is 0.254. The molecule has 0 bridgehead atoms. The maximum atomic E-state index is 13.8. The number of carbonyl (C=O) groups is 1. The molecule has 3 heterocycles. The highest BCUT2D eigenvalue weighted by Crippen LogP contribution is 2.54. The van der Waals surface area contributed by atoms with Crippen LogP contribution in [-0.2, 0) is 11.0 Å². The molecule has 2 fully saturated rings. The summed E-state index contributed by atoms with van der Waals surface area (Å²) in [6, 6.07) is 10.00. The van der Waals surface area contributed by atoms with Crippen molar-refractivity contribution in [3.8, 4) is 22.5 Å². The Morgan fingerprint density at radius 2 is 1.69 bits per heavy atom. The van der Waals surface area contributed by atoms with Crippen LogP contribution >= 0.6 is 0 Å². The molecule has 0 saturated heterocycles. The van der Waals surface area contributed by atoms with Crippen LogP contribution in [0.4, 0.5) is 18.9 Å². The molecule has 1 atom stereocenters. The van der Waals surface area contributed by atoms with Gasteiger partial charge in [-0.3, -0.25) is 14.9 Å². The predicted octanol–water partition coefficient (Wildman–Crippen LogP) is 6.05. The Kier molecular flexibility index (Phi) is 6.23. The van der Waals surface area contributed by atoms with E-state index in [2.05, 4.69) is 35.7 Å². The predicted molar refractivity (Wildman–Crippen MR) is 138 cm³/mol. The van der Waals surface area contributed by atoms with E-state index in [0.29, 0.717) is 23.3 Å². The summed E-state index contributed by atoms with van der Waals surface area (Å²) < 4.78 is 39.6. The summed E-state index contributed by atoms with van der Waals surface area (Å²) in [5, 5.41) is 18.7. The highest BCUT2D eigenvalue weighted by Gasteiger charge is 2.49. The number of nitrogens with zero attached hydrogens (tertiary/aromatic N) is 4. The SMILES string of the molecule is Cc1n[nH]c(C)c1-c1ccc(NC(=O)C(c2nnc(-c3ccnc(C(F)(F)F)c3)[nH]2)C(C2CC2)C2CC2)cc1. The molecule has 2 aliphatic carbocycles. The lowest BCUT2D eigenvalue weighted by Gasteiger charge is -2.24. The molecule has 3 N–H and O–H groups in total. The number of aromatic amines is 2. The number of pyridine rings is 1. The first kappa shape index (κ1) is 25.3. The second kappa shape index (κ2) is 9.62. The van der Waals surface area contributed by atoms with Crippen LogP contribution in [0.5, 0.6) is 0 Å². The molecule has 0 aliphatic heterocycles. The fraction of sp³-hybridized carbons (Fsp3) is 0.393. The summed E-state index contributed by atoms with van der Waals surface area (Å²) in [4.78, 5) is 20.3. The van der Waals surface area contributed by atoms with Crippen molar-refractivity contribution in [3.05, 3.63) is 65.5 Å². The number of H-pyrrole nitrogens is 2. The molecule has 0 spiro atoms. The molecular weight excluding hydrogens is 507 g/mol. The van der Waals surface area contributed by atoms with Crippen LogP contribution < -0.4 is 5.32 Å². The summed E-state index contributed by atoms with van der Waals surface area (Å²) in [5.74, 6) is 0.713. The molecule has 2 saturated carbocycles. The topological polar surface area (TPSA) is 112 Å². The van der Waals surface area contributed by atoms with Gasteiger partial charge in [0.15, 0.2) is 5.82 Å². The Hall–Kier alpha value is -4.02. The van der Waals surface area contributed by atoms with Crippen molar-refractivity contribution >= 4 is 11.6 Å². The minimum Gasteiger partial charge on any atom is -0.325 e. The minimum absolute atomic E-state index is 0.101. The maximum absolute atomic E-state index is 13.8. The summed E-state index contributed by atoms with van der Waals surface area (Å²) in [6.07, 6.45) is 0.756. The number of hydrogen-bond acceptors (Lipinski definition) is 5. The number of alkyl halides is 3. The van der Waals surface area contributed by atoms with E-state index in [0.717, 1.165) is 60.5 Å². The number of halogens is 3. The van der Waals surface area contributed by atoms with Crippen LogP contribution in [0.3, 0.4) is 0 Å². The Morgan fingerprint density at radius 3 is 2.28 bits per heavy atom. The number of nitrogens with one attached hydrogen (secondary N) is 3. The van der Waals surface area contributed by atoms with E-state index < -0.39 is 17.8 Å². The van der Waals surface area contributed by atoms with Gasteiger partial charge in [-0.15, -0.1) is 10.2 Å². The maximum Gasteiger partial charge on any atom is 0.433 e. The fourth-order valence-corrected chi connectivity index (χ4v) is 5.57. The molecule has 4 aromatic rings. The van der Waals surface area contributed by atoms with Crippen LogP contribution in [-0.4, -0.2) is 36.3 Å². The van der Waals surface area contributed by atoms with Crippen molar-refractivity contribution in [1.29, 1.82) is 0 Å². The molecule has 39 heavy (non-hydrogen) atoms. The smallest absolute Gasteiger partial charge is 0.325 e. The van der Waals surface area contributed by atoms with Crippen molar-refractivity contribution < 1.29 is 18.0 Å². The molecule has 11 heteroatoms. The number of amides is 1. The summed E-state index contributed by atoms with van der Waals surface area (Å²) in [6.45, 7) is 3.91. The number of aryl methyl sites for hydroxylation is 2. The number of hydrogen-bond donors (Lipinski definition) is 3. The van der Waals surface area contributed by atoms with Crippen LogP contribution in [0.1, 0.15) is 54.5 Å². The minimum atomic E-state index is -4.57. The van der Waals surface area contributed by atoms with Gasteiger partial charge in [0.05, 0.1) is 5.69 Å². The highest BCUT2D eigenvalue weighted by atomic mass is 19.4. The fourth-order valence-electron chi connectivity index (χ4n) is 5.57. The first-order chi connectivity index (χ1) is 18.7. The number of aromatic nitrogens is 6. The number of carbonyl (C=O) groups excluding carboxylic acids is 1. The Bertz CT molecular complexity index is 1470. The van der Waals surface area contributed by atoms with Crippen molar-refractivity contribution in [2.24, 2.45) is 17.8 Å². The van der Waals surface area contributed by atoms with E-state index in [9.17, 15) is 18.0 Å². The molecule has 3 aromatic heterocycles. The third kappa shape index (κ3) is 5.17. The van der Waals surface area contributed by atoms with Gasteiger partial charge >= 0.3 is 6.18 Å². The highest BCUT2D eigenvalue weighted by molar-refractivity contribution is 5.96. The molecule has 2 aliphatic rings. The van der Waals surface area contributed by atoms with Gasteiger partial charge in [-0.05, 0) is 87.1 Å². The summed E-state index contributed by atoms with van der Waals surface area (Å²) >= 11 is 0. The van der Waals surface area contributed by atoms with E-state index >= 15 is 0 Å². The molecule has 1 aromatic carbocycles. The van der Waals surface area contributed by atoms with Gasteiger partial charge in [-0.25, -0.2) is 0 Å². The van der Waals surface area contributed by atoms with Crippen molar-refractivity contribution in [1.82, 2.24) is 30.4 Å². The zero-order valence-electron chi connectivity index (χ0n) is 21.5. The van der Waals surface area contributed by atoms with E-state index in [1.54, 1.807) is 0 Å². The number of benzene rings is 1. The number of anilines is 1. The van der Waals surface area contributed by atoms with Crippen molar-refractivity contribution in [2.75, 3.05) is 5.32 Å².